The molecule has 0 radical (unpaired) electrons. The minimum Gasteiger partial charge on any atom is -0.494 e. The van der Waals surface area contributed by atoms with Crippen LogP contribution in [0.2, 0.25) is 0 Å². The van der Waals surface area contributed by atoms with E-state index in [1.807, 2.05) is 20.8 Å². The van der Waals surface area contributed by atoms with Crippen molar-refractivity contribution in [3.63, 3.8) is 0 Å². The molecule has 158 valence electrons. The minimum atomic E-state index is -0.437. The van der Waals surface area contributed by atoms with Gasteiger partial charge in [0.05, 0.1) is 19.2 Å². The van der Waals surface area contributed by atoms with Gasteiger partial charge in [-0.2, -0.15) is 0 Å². The summed E-state index contributed by atoms with van der Waals surface area (Å²) in [5, 5.41) is 7.14. The Morgan fingerprint density at radius 3 is 2.66 bits per heavy atom. The second-order valence-corrected chi connectivity index (χ2v) is 8.62. The SMILES string of the molecule is COc1cc2c(NCC3CCN(CC(=O)NC(C)(C)C)CC3)ncnc2cc1F. The highest BCUT2D eigenvalue weighted by Gasteiger charge is 2.22. The fraction of sp³-hybridized carbons (Fsp3) is 0.571. The molecule has 2 N–H and O–H groups in total. The van der Waals surface area contributed by atoms with Crippen molar-refractivity contribution in [2.75, 3.05) is 38.6 Å². The zero-order chi connectivity index (χ0) is 21.0. The van der Waals surface area contributed by atoms with Crippen LogP contribution in [0.3, 0.4) is 0 Å². The summed E-state index contributed by atoms with van der Waals surface area (Å²) in [4.78, 5) is 22.8. The third-order valence-electron chi connectivity index (χ3n) is 5.06. The first-order chi connectivity index (χ1) is 13.7. The third-order valence-corrected chi connectivity index (χ3v) is 5.06. The molecule has 1 aliphatic rings. The van der Waals surface area contributed by atoms with Crippen molar-refractivity contribution >= 4 is 22.6 Å². The molecule has 0 spiro atoms. The Bertz CT molecular complexity index is 860. The fourth-order valence-electron chi connectivity index (χ4n) is 3.61. The molecule has 1 aromatic carbocycles. The molecule has 1 fully saturated rings. The third kappa shape index (κ3) is 5.76. The van der Waals surface area contributed by atoms with Gasteiger partial charge in [0.25, 0.3) is 0 Å². The van der Waals surface area contributed by atoms with Crippen LogP contribution in [-0.4, -0.2) is 59.6 Å². The molecule has 0 unspecified atom stereocenters. The number of piperidine rings is 1. The number of ether oxygens (including phenoxy) is 1. The van der Waals surface area contributed by atoms with Crippen LogP contribution >= 0.6 is 0 Å². The van der Waals surface area contributed by atoms with E-state index in [1.54, 1.807) is 6.07 Å². The molecule has 0 aliphatic carbocycles. The van der Waals surface area contributed by atoms with Crippen molar-refractivity contribution in [2.45, 2.75) is 39.2 Å². The van der Waals surface area contributed by atoms with E-state index in [2.05, 4.69) is 25.5 Å². The number of fused-ring (bicyclic) bond motifs is 1. The molecular formula is C21H30FN5O2. The number of amides is 1. The van der Waals surface area contributed by atoms with E-state index in [4.69, 9.17) is 4.74 Å². The minimum absolute atomic E-state index is 0.0720. The number of benzene rings is 1. The topological polar surface area (TPSA) is 79.4 Å². The smallest absolute Gasteiger partial charge is 0.234 e. The molecule has 1 aliphatic heterocycles. The Balaban J connectivity index is 1.54. The van der Waals surface area contributed by atoms with Crippen molar-refractivity contribution < 1.29 is 13.9 Å². The maximum absolute atomic E-state index is 13.9. The summed E-state index contributed by atoms with van der Waals surface area (Å²) >= 11 is 0. The number of carbonyl (C=O) groups is 1. The van der Waals surface area contributed by atoms with Gasteiger partial charge in [-0.05, 0) is 58.7 Å². The van der Waals surface area contributed by atoms with E-state index in [0.29, 0.717) is 23.8 Å². The summed E-state index contributed by atoms with van der Waals surface area (Å²) in [6.45, 7) is 8.98. The Kier molecular flexibility index (Phi) is 6.52. The van der Waals surface area contributed by atoms with Crippen LogP contribution in [-0.2, 0) is 4.79 Å². The number of nitrogens with one attached hydrogen (secondary N) is 2. The van der Waals surface area contributed by atoms with Gasteiger partial charge in [-0.3, -0.25) is 9.69 Å². The molecule has 3 rings (SSSR count). The molecule has 29 heavy (non-hydrogen) atoms. The predicted molar refractivity (Wildman–Crippen MR) is 112 cm³/mol. The molecular weight excluding hydrogens is 373 g/mol. The van der Waals surface area contributed by atoms with Crippen LogP contribution < -0.4 is 15.4 Å². The molecule has 0 bridgehead atoms. The van der Waals surface area contributed by atoms with Crippen LogP contribution in [0.4, 0.5) is 10.2 Å². The predicted octanol–water partition coefficient (Wildman–Crippen LogP) is 2.82. The number of hydrogen-bond acceptors (Lipinski definition) is 6. The number of likely N-dealkylation sites (tertiary alicyclic amines) is 1. The fourth-order valence-corrected chi connectivity index (χ4v) is 3.61. The molecule has 0 atom stereocenters. The number of aromatic nitrogens is 2. The summed E-state index contributed by atoms with van der Waals surface area (Å²) in [7, 11) is 1.44. The average molecular weight is 404 g/mol. The van der Waals surface area contributed by atoms with Crippen molar-refractivity contribution in [3.05, 3.63) is 24.3 Å². The second kappa shape index (κ2) is 8.90. The summed E-state index contributed by atoms with van der Waals surface area (Å²) in [6, 6.07) is 2.99. The monoisotopic (exact) mass is 403 g/mol. The Morgan fingerprint density at radius 2 is 2.00 bits per heavy atom. The number of hydrogen-bond donors (Lipinski definition) is 2. The van der Waals surface area contributed by atoms with Crippen molar-refractivity contribution in [2.24, 2.45) is 5.92 Å². The van der Waals surface area contributed by atoms with Crippen molar-refractivity contribution in [1.82, 2.24) is 20.2 Å². The number of anilines is 1. The lowest BCUT2D eigenvalue weighted by atomic mass is 9.96. The highest BCUT2D eigenvalue weighted by Crippen LogP contribution is 2.28. The molecule has 1 aromatic heterocycles. The van der Waals surface area contributed by atoms with Crippen LogP contribution in [0.25, 0.3) is 10.9 Å². The molecule has 0 saturated carbocycles. The highest BCUT2D eigenvalue weighted by atomic mass is 19.1. The van der Waals surface area contributed by atoms with E-state index in [1.165, 1.54) is 19.5 Å². The standard InChI is InChI=1S/C21H30FN5O2/c1-21(2,3)26-19(28)12-27-7-5-14(6-8-27)11-23-20-15-9-18(29-4)16(22)10-17(15)24-13-25-20/h9-10,13-14H,5-8,11-12H2,1-4H3,(H,26,28)(H,23,24,25). The zero-order valence-electron chi connectivity index (χ0n) is 17.6. The summed E-state index contributed by atoms with van der Waals surface area (Å²) < 4.78 is 19.0. The van der Waals surface area contributed by atoms with Gasteiger partial charge < -0.3 is 15.4 Å². The van der Waals surface area contributed by atoms with Gasteiger partial charge in [-0.15, -0.1) is 0 Å². The maximum Gasteiger partial charge on any atom is 0.234 e. The molecule has 2 heterocycles. The van der Waals surface area contributed by atoms with Crippen LogP contribution in [0.5, 0.6) is 5.75 Å². The van der Waals surface area contributed by atoms with Crippen molar-refractivity contribution in [3.8, 4) is 5.75 Å². The van der Waals surface area contributed by atoms with E-state index in [9.17, 15) is 9.18 Å². The van der Waals surface area contributed by atoms with E-state index in [-0.39, 0.29) is 17.2 Å². The Morgan fingerprint density at radius 1 is 1.28 bits per heavy atom. The van der Waals surface area contributed by atoms with E-state index < -0.39 is 5.82 Å². The summed E-state index contributed by atoms with van der Waals surface area (Å²) in [5.41, 5.74) is 0.339. The lowest BCUT2D eigenvalue weighted by Gasteiger charge is -2.32. The quantitative estimate of drug-likeness (QED) is 0.772. The van der Waals surface area contributed by atoms with Crippen LogP contribution in [0, 0.1) is 11.7 Å². The first-order valence-corrected chi connectivity index (χ1v) is 10.0. The second-order valence-electron chi connectivity index (χ2n) is 8.62. The van der Waals surface area contributed by atoms with Gasteiger partial charge in [0.1, 0.15) is 12.1 Å². The number of halogens is 1. The lowest BCUT2D eigenvalue weighted by Crippen LogP contribution is -2.47. The summed E-state index contributed by atoms with van der Waals surface area (Å²) in [6.07, 6.45) is 3.46. The lowest BCUT2D eigenvalue weighted by molar-refractivity contribution is -0.124. The number of carbonyl (C=O) groups excluding carboxylic acids is 1. The van der Waals surface area contributed by atoms with E-state index in [0.717, 1.165) is 37.9 Å². The zero-order valence-corrected chi connectivity index (χ0v) is 17.6. The van der Waals surface area contributed by atoms with Crippen molar-refractivity contribution in [1.29, 1.82) is 0 Å². The van der Waals surface area contributed by atoms with Gasteiger partial charge in [0.15, 0.2) is 11.6 Å². The normalized spacial score (nSPS) is 16.0. The molecule has 1 saturated heterocycles. The van der Waals surface area contributed by atoms with Gasteiger partial charge in [0.2, 0.25) is 5.91 Å². The highest BCUT2D eigenvalue weighted by molar-refractivity contribution is 5.90. The summed E-state index contributed by atoms with van der Waals surface area (Å²) in [5.74, 6) is 0.983. The van der Waals surface area contributed by atoms with Gasteiger partial charge in [-0.25, -0.2) is 14.4 Å². The largest absolute Gasteiger partial charge is 0.494 e. The Hall–Kier alpha value is -2.48. The number of methoxy groups -OCH3 is 1. The number of rotatable bonds is 6. The molecule has 7 nitrogen and oxygen atoms in total. The van der Waals surface area contributed by atoms with Crippen LogP contribution in [0.15, 0.2) is 18.5 Å². The first kappa shape index (κ1) is 21.2. The molecule has 1 amide bonds. The molecule has 8 heteroatoms. The Labute approximate surface area is 171 Å². The van der Waals surface area contributed by atoms with E-state index >= 15 is 0 Å². The van der Waals surface area contributed by atoms with Gasteiger partial charge in [-0.1, -0.05) is 0 Å². The average Bonchev–Trinajstić information content (AvgIpc) is 2.65. The van der Waals surface area contributed by atoms with Gasteiger partial charge in [0, 0.05) is 23.5 Å². The van der Waals surface area contributed by atoms with Crippen LogP contribution in [0.1, 0.15) is 33.6 Å². The number of nitrogens with zero attached hydrogens (tertiary/aromatic N) is 3. The van der Waals surface area contributed by atoms with Gasteiger partial charge >= 0.3 is 0 Å². The first-order valence-electron chi connectivity index (χ1n) is 10.0. The maximum atomic E-state index is 13.9. The molecule has 2 aromatic rings.